The van der Waals surface area contributed by atoms with Gasteiger partial charge in [-0.2, -0.15) is 0 Å². The number of esters is 1. The summed E-state index contributed by atoms with van der Waals surface area (Å²) in [5.41, 5.74) is 1.98. The predicted molar refractivity (Wildman–Crippen MR) is 101 cm³/mol. The van der Waals surface area contributed by atoms with E-state index in [-0.39, 0.29) is 30.8 Å². The number of fused-ring (bicyclic) bond motifs is 1. The molecule has 5 nitrogen and oxygen atoms in total. The number of amides is 1. The summed E-state index contributed by atoms with van der Waals surface area (Å²) in [5, 5.41) is 3.39. The number of carbonyl (C=O) groups is 2. The molecule has 3 aromatic rings. The third-order valence-corrected chi connectivity index (χ3v) is 4.28. The van der Waals surface area contributed by atoms with E-state index in [1.807, 2.05) is 30.3 Å². The first-order valence-corrected chi connectivity index (χ1v) is 8.84. The third kappa shape index (κ3) is 4.73. The summed E-state index contributed by atoms with van der Waals surface area (Å²) in [6.45, 7) is 2.18. The second-order valence-corrected chi connectivity index (χ2v) is 6.26. The van der Waals surface area contributed by atoms with Gasteiger partial charge < -0.3 is 15.0 Å². The largest absolute Gasteiger partial charge is 0.466 e. The lowest BCUT2D eigenvalue weighted by atomic mass is 9.99. The molecule has 0 spiro atoms. The number of ether oxygens (including phenoxy) is 1. The first-order valence-electron chi connectivity index (χ1n) is 8.84. The highest BCUT2D eigenvalue weighted by atomic mass is 19.1. The molecule has 1 atom stereocenters. The summed E-state index contributed by atoms with van der Waals surface area (Å²) < 4.78 is 18.4. The molecular formula is C21H21FN2O3. The minimum atomic E-state index is -0.488. The molecule has 0 aliphatic rings. The van der Waals surface area contributed by atoms with Gasteiger partial charge in [0.1, 0.15) is 11.5 Å². The van der Waals surface area contributed by atoms with Gasteiger partial charge in [-0.05, 0) is 43.2 Å². The Bertz CT molecular complexity index is 937. The zero-order chi connectivity index (χ0) is 19.2. The molecule has 3 rings (SSSR count). The van der Waals surface area contributed by atoms with Crippen molar-refractivity contribution in [3.05, 3.63) is 71.7 Å². The molecule has 1 aromatic heterocycles. The number of nitrogens with one attached hydrogen (secondary N) is 2. The van der Waals surface area contributed by atoms with Crippen molar-refractivity contribution in [1.82, 2.24) is 10.3 Å². The molecular weight excluding hydrogens is 347 g/mol. The molecule has 0 fully saturated rings. The van der Waals surface area contributed by atoms with Gasteiger partial charge in [-0.25, -0.2) is 4.39 Å². The number of aromatic amines is 1. The maximum atomic E-state index is 13.3. The molecule has 0 radical (unpaired) electrons. The summed E-state index contributed by atoms with van der Waals surface area (Å²) in [6.07, 6.45) is 0.470. The van der Waals surface area contributed by atoms with Crippen LogP contribution in [0.4, 0.5) is 4.39 Å². The van der Waals surface area contributed by atoms with E-state index >= 15 is 0 Å². The van der Waals surface area contributed by atoms with Crippen molar-refractivity contribution in [2.75, 3.05) is 13.2 Å². The Balaban J connectivity index is 1.69. The molecule has 1 unspecified atom stereocenters. The highest BCUT2D eigenvalue weighted by molar-refractivity contribution is 5.98. The van der Waals surface area contributed by atoms with E-state index in [2.05, 4.69) is 10.3 Å². The number of H-pyrrole nitrogens is 1. The molecule has 1 amide bonds. The van der Waals surface area contributed by atoms with Crippen molar-refractivity contribution in [3.63, 3.8) is 0 Å². The van der Waals surface area contributed by atoms with Gasteiger partial charge in [-0.15, -0.1) is 0 Å². The fourth-order valence-corrected chi connectivity index (χ4v) is 2.93. The first kappa shape index (κ1) is 18.6. The van der Waals surface area contributed by atoms with Crippen LogP contribution < -0.4 is 5.32 Å². The Morgan fingerprint density at radius 3 is 2.67 bits per heavy atom. The topological polar surface area (TPSA) is 71.2 Å². The number of benzene rings is 2. The lowest BCUT2D eigenvalue weighted by molar-refractivity contribution is -0.147. The van der Waals surface area contributed by atoms with Gasteiger partial charge >= 0.3 is 5.97 Å². The molecule has 0 saturated carbocycles. The molecule has 0 aliphatic heterocycles. The lowest BCUT2D eigenvalue weighted by Crippen LogP contribution is -2.35. The van der Waals surface area contributed by atoms with Gasteiger partial charge in [-0.1, -0.05) is 30.3 Å². The molecule has 1 heterocycles. The monoisotopic (exact) mass is 368 g/mol. The number of halogens is 1. The normalized spacial score (nSPS) is 11.9. The number of aromatic nitrogens is 1. The molecule has 6 heteroatoms. The number of hydrogen-bond donors (Lipinski definition) is 2. The number of carbonyl (C=O) groups excluding carboxylic acids is 2. The molecule has 27 heavy (non-hydrogen) atoms. The van der Waals surface area contributed by atoms with Crippen LogP contribution in [-0.4, -0.2) is 30.0 Å². The van der Waals surface area contributed by atoms with Gasteiger partial charge in [0.05, 0.1) is 12.5 Å². The molecule has 2 N–H and O–H groups in total. The minimum absolute atomic E-state index is 0.149. The molecule has 140 valence electrons. The fourth-order valence-electron chi connectivity index (χ4n) is 2.93. The molecule has 2 aromatic carbocycles. The molecule has 0 aliphatic carbocycles. The van der Waals surface area contributed by atoms with Crippen molar-refractivity contribution >= 4 is 22.8 Å². The maximum Gasteiger partial charge on any atom is 0.311 e. The van der Waals surface area contributed by atoms with Crippen molar-refractivity contribution in [2.24, 2.45) is 5.92 Å². The van der Waals surface area contributed by atoms with Gasteiger partial charge in [-0.3, -0.25) is 9.59 Å². The smallest absolute Gasteiger partial charge is 0.311 e. The zero-order valence-corrected chi connectivity index (χ0v) is 15.0. The Morgan fingerprint density at radius 2 is 1.93 bits per heavy atom. The number of rotatable bonds is 7. The average molecular weight is 368 g/mol. The highest BCUT2D eigenvalue weighted by Crippen LogP contribution is 2.17. The van der Waals surface area contributed by atoms with Gasteiger partial charge in [0.15, 0.2) is 0 Å². The summed E-state index contributed by atoms with van der Waals surface area (Å²) in [5.74, 6) is -1.55. The summed E-state index contributed by atoms with van der Waals surface area (Å²) in [7, 11) is 0. The minimum Gasteiger partial charge on any atom is -0.466 e. The van der Waals surface area contributed by atoms with Crippen molar-refractivity contribution in [2.45, 2.75) is 13.3 Å². The van der Waals surface area contributed by atoms with Crippen LogP contribution >= 0.6 is 0 Å². The van der Waals surface area contributed by atoms with E-state index in [4.69, 9.17) is 4.74 Å². The Labute approximate surface area is 156 Å². The van der Waals surface area contributed by atoms with Crippen LogP contribution in [0.2, 0.25) is 0 Å². The second kappa shape index (κ2) is 8.49. The molecule has 0 saturated heterocycles. The molecule has 0 bridgehead atoms. The van der Waals surface area contributed by atoms with Crippen LogP contribution in [0.3, 0.4) is 0 Å². The van der Waals surface area contributed by atoms with E-state index in [1.54, 1.807) is 19.1 Å². The van der Waals surface area contributed by atoms with Crippen molar-refractivity contribution in [1.29, 1.82) is 0 Å². The van der Waals surface area contributed by atoms with E-state index in [1.165, 1.54) is 12.1 Å². The van der Waals surface area contributed by atoms with Crippen molar-refractivity contribution in [3.8, 4) is 0 Å². The summed E-state index contributed by atoms with van der Waals surface area (Å²) in [6, 6.07) is 15.4. The first-order chi connectivity index (χ1) is 13.1. The zero-order valence-electron chi connectivity index (χ0n) is 15.0. The maximum absolute atomic E-state index is 13.3. The van der Waals surface area contributed by atoms with Crippen molar-refractivity contribution < 1.29 is 18.7 Å². The van der Waals surface area contributed by atoms with Crippen LogP contribution in [0.15, 0.2) is 54.6 Å². The second-order valence-electron chi connectivity index (χ2n) is 6.26. The van der Waals surface area contributed by atoms with Crippen LogP contribution in [0.1, 0.15) is 23.0 Å². The van der Waals surface area contributed by atoms with Crippen LogP contribution in [0.5, 0.6) is 0 Å². The summed E-state index contributed by atoms with van der Waals surface area (Å²) in [4.78, 5) is 27.7. The van der Waals surface area contributed by atoms with E-state index in [9.17, 15) is 14.0 Å². The van der Waals surface area contributed by atoms with Crippen LogP contribution in [0.25, 0.3) is 10.9 Å². The van der Waals surface area contributed by atoms with Gasteiger partial charge in [0.25, 0.3) is 5.91 Å². The van der Waals surface area contributed by atoms with Crippen LogP contribution in [-0.2, 0) is 16.0 Å². The fraction of sp³-hybridized carbons (Fsp3) is 0.238. The average Bonchev–Trinajstić information content (AvgIpc) is 3.09. The highest BCUT2D eigenvalue weighted by Gasteiger charge is 2.22. The predicted octanol–water partition coefficient (Wildman–Crippen LogP) is 3.46. The van der Waals surface area contributed by atoms with E-state index in [0.29, 0.717) is 23.0 Å². The lowest BCUT2D eigenvalue weighted by Gasteiger charge is -2.16. The van der Waals surface area contributed by atoms with E-state index in [0.717, 1.165) is 5.56 Å². The SMILES string of the molecule is CCOC(=O)C(CNC(=O)c1cc2cc(F)ccc2[nH]1)Cc1ccccc1. The van der Waals surface area contributed by atoms with Gasteiger partial charge in [0.2, 0.25) is 0 Å². The third-order valence-electron chi connectivity index (χ3n) is 4.28. The standard InChI is InChI=1S/C21H21FN2O3/c1-2-27-21(26)16(10-14-6-4-3-5-7-14)13-23-20(25)19-12-15-11-17(22)8-9-18(15)24-19/h3-9,11-12,16,24H,2,10,13H2,1H3,(H,23,25). The Kier molecular flexibility index (Phi) is 5.86. The van der Waals surface area contributed by atoms with E-state index < -0.39 is 5.92 Å². The Morgan fingerprint density at radius 1 is 1.15 bits per heavy atom. The van der Waals surface area contributed by atoms with Gasteiger partial charge in [0, 0.05) is 17.4 Å². The Hall–Kier alpha value is -3.15. The number of hydrogen-bond acceptors (Lipinski definition) is 3. The quantitative estimate of drug-likeness (QED) is 0.628. The summed E-state index contributed by atoms with van der Waals surface area (Å²) >= 11 is 0. The van der Waals surface area contributed by atoms with Crippen LogP contribution in [0, 0.1) is 11.7 Å².